The van der Waals surface area contributed by atoms with Crippen molar-refractivity contribution in [2.75, 3.05) is 21.2 Å². The van der Waals surface area contributed by atoms with Crippen molar-refractivity contribution in [2.24, 2.45) is 0 Å². The Morgan fingerprint density at radius 3 is 2.55 bits per heavy atom. The molecular formula is C7H16N2O2. The number of esters is 1. The highest BCUT2D eigenvalue weighted by atomic mass is 16.5. The van der Waals surface area contributed by atoms with Crippen molar-refractivity contribution in [1.29, 1.82) is 0 Å². The van der Waals surface area contributed by atoms with Crippen LogP contribution in [0, 0.1) is 0 Å². The molecule has 0 amide bonds. The van der Waals surface area contributed by atoms with Crippen LogP contribution in [0.15, 0.2) is 0 Å². The zero-order chi connectivity index (χ0) is 8.85. The number of ether oxygens (including phenoxy) is 1. The Morgan fingerprint density at radius 2 is 2.27 bits per heavy atom. The Balaban J connectivity index is 4.03. The molecule has 0 aliphatic carbocycles. The van der Waals surface area contributed by atoms with Gasteiger partial charge in [-0.1, -0.05) is 6.92 Å². The van der Waals surface area contributed by atoms with E-state index in [1.54, 1.807) is 12.1 Å². The molecule has 0 saturated carbocycles. The molecule has 0 aliphatic heterocycles. The lowest BCUT2D eigenvalue weighted by atomic mass is 10.2. The van der Waals surface area contributed by atoms with E-state index in [0.717, 1.165) is 6.42 Å². The van der Waals surface area contributed by atoms with Crippen molar-refractivity contribution in [3.8, 4) is 0 Å². The summed E-state index contributed by atoms with van der Waals surface area (Å²) >= 11 is 0. The molecule has 0 heterocycles. The second-order valence-electron chi connectivity index (χ2n) is 2.28. The Hall–Kier alpha value is -0.610. The van der Waals surface area contributed by atoms with Gasteiger partial charge in [0.2, 0.25) is 0 Å². The standard InChI is InChI=1S/C7H16N2O2/c1-5-6(7(10)11-4)9(3)8-2/h6,8H,5H2,1-4H3. The van der Waals surface area contributed by atoms with Crippen molar-refractivity contribution >= 4 is 5.97 Å². The number of likely N-dealkylation sites (N-methyl/N-ethyl adjacent to an activating group) is 1. The highest BCUT2D eigenvalue weighted by Gasteiger charge is 2.20. The molecule has 0 aromatic heterocycles. The quantitative estimate of drug-likeness (QED) is 0.464. The lowest BCUT2D eigenvalue weighted by Gasteiger charge is -2.23. The van der Waals surface area contributed by atoms with E-state index < -0.39 is 0 Å². The summed E-state index contributed by atoms with van der Waals surface area (Å²) in [6, 6.07) is -0.190. The summed E-state index contributed by atoms with van der Waals surface area (Å²) in [5.74, 6) is -0.204. The Morgan fingerprint density at radius 1 is 1.73 bits per heavy atom. The number of hydrogen-bond acceptors (Lipinski definition) is 4. The van der Waals surface area contributed by atoms with Gasteiger partial charge in [-0.15, -0.1) is 0 Å². The Bertz CT molecular complexity index is 128. The van der Waals surface area contributed by atoms with Gasteiger partial charge in [-0.05, 0) is 13.5 Å². The summed E-state index contributed by atoms with van der Waals surface area (Å²) in [4.78, 5) is 11.0. The van der Waals surface area contributed by atoms with Gasteiger partial charge >= 0.3 is 5.97 Å². The fourth-order valence-electron chi connectivity index (χ4n) is 0.891. The summed E-state index contributed by atoms with van der Waals surface area (Å²) in [5.41, 5.74) is 2.86. The molecule has 0 rings (SSSR count). The number of methoxy groups -OCH3 is 1. The van der Waals surface area contributed by atoms with Gasteiger partial charge < -0.3 is 4.74 Å². The van der Waals surface area contributed by atoms with Crippen LogP contribution in [0.2, 0.25) is 0 Å². The van der Waals surface area contributed by atoms with Crippen molar-refractivity contribution in [1.82, 2.24) is 10.4 Å². The number of carbonyl (C=O) groups excluding carboxylic acids is 1. The monoisotopic (exact) mass is 160 g/mol. The number of nitrogens with one attached hydrogen (secondary N) is 1. The molecule has 66 valence electrons. The largest absolute Gasteiger partial charge is 0.468 e. The summed E-state index contributed by atoms with van der Waals surface area (Å²) < 4.78 is 4.61. The van der Waals surface area contributed by atoms with Gasteiger partial charge in [-0.25, -0.2) is 5.01 Å². The molecular weight excluding hydrogens is 144 g/mol. The smallest absolute Gasteiger partial charge is 0.324 e. The summed E-state index contributed by atoms with van der Waals surface area (Å²) in [5, 5.41) is 1.73. The van der Waals surface area contributed by atoms with Gasteiger partial charge in [-0.2, -0.15) is 0 Å². The number of carbonyl (C=O) groups is 1. The van der Waals surface area contributed by atoms with E-state index in [4.69, 9.17) is 0 Å². The first-order valence-corrected chi connectivity index (χ1v) is 3.65. The van der Waals surface area contributed by atoms with Gasteiger partial charge in [-0.3, -0.25) is 10.2 Å². The van der Waals surface area contributed by atoms with E-state index in [1.807, 2.05) is 14.0 Å². The molecule has 4 nitrogen and oxygen atoms in total. The predicted molar refractivity (Wildman–Crippen MR) is 42.9 cm³/mol. The van der Waals surface area contributed by atoms with E-state index >= 15 is 0 Å². The molecule has 0 spiro atoms. The van der Waals surface area contributed by atoms with E-state index in [1.165, 1.54) is 7.11 Å². The van der Waals surface area contributed by atoms with Gasteiger partial charge in [0.1, 0.15) is 6.04 Å². The minimum atomic E-state index is -0.204. The predicted octanol–water partition coefficient (Wildman–Crippen LogP) is 0.00420. The number of hydrazine groups is 1. The molecule has 0 aliphatic rings. The molecule has 0 fully saturated rings. The molecule has 1 unspecified atom stereocenters. The first kappa shape index (κ1) is 10.4. The highest BCUT2D eigenvalue weighted by molar-refractivity contribution is 5.75. The molecule has 1 atom stereocenters. The van der Waals surface area contributed by atoms with Gasteiger partial charge in [0.25, 0.3) is 0 Å². The SMILES string of the molecule is CCC(C(=O)OC)N(C)NC. The van der Waals surface area contributed by atoms with Crippen LogP contribution in [0.3, 0.4) is 0 Å². The lowest BCUT2D eigenvalue weighted by Crippen LogP contribution is -2.45. The number of hydrogen-bond donors (Lipinski definition) is 1. The maximum Gasteiger partial charge on any atom is 0.324 e. The second kappa shape index (κ2) is 5.09. The minimum absolute atomic E-state index is 0.190. The molecule has 0 radical (unpaired) electrons. The van der Waals surface area contributed by atoms with E-state index in [2.05, 4.69) is 10.2 Å². The zero-order valence-corrected chi connectivity index (χ0v) is 7.55. The summed E-state index contributed by atoms with van der Waals surface area (Å²) in [7, 11) is 4.98. The molecule has 0 bridgehead atoms. The molecule has 1 N–H and O–H groups in total. The van der Waals surface area contributed by atoms with Crippen molar-refractivity contribution < 1.29 is 9.53 Å². The van der Waals surface area contributed by atoms with Crippen LogP contribution in [-0.4, -0.2) is 38.2 Å². The first-order chi connectivity index (χ1) is 5.17. The van der Waals surface area contributed by atoms with Gasteiger partial charge in [0.05, 0.1) is 7.11 Å². The Kier molecular flexibility index (Phi) is 4.81. The van der Waals surface area contributed by atoms with Crippen molar-refractivity contribution in [3.05, 3.63) is 0 Å². The maximum absolute atomic E-state index is 11.0. The van der Waals surface area contributed by atoms with Crippen LogP contribution in [0.4, 0.5) is 0 Å². The second-order valence-corrected chi connectivity index (χ2v) is 2.28. The molecule has 0 aromatic carbocycles. The van der Waals surface area contributed by atoms with Crippen LogP contribution in [0.25, 0.3) is 0 Å². The topological polar surface area (TPSA) is 41.6 Å². The number of rotatable bonds is 4. The highest BCUT2D eigenvalue weighted by Crippen LogP contribution is 1.99. The molecule has 0 aromatic rings. The number of nitrogens with zero attached hydrogens (tertiary/aromatic N) is 1. The van der Waals surface area contributed by atoms with E-state index in [0.29, 0.717) is 0 Å². The average molecular weight is 160 g/mol. The average Bonchev–Trinajstić information content (AvgIpc) is 2.05. The van der Waals surface area contributed by atoms with E-state index in [-0.39, 0.29) is 12.0 Å². The third kappa shape index (κ3) is 2.86. The normalized spacial score (nSPS) is 13.2. The summed E-state index contributed by atoms with van der Waals surface area (Å²) in [6.07, 6.45) is 0.740. The molecule has 11 heavy (non-hydrogen) atoms. The van der Waals surface area contributed by atoms with Crippen LogP contribution in [0.5, 0.6) is 0 Å². The van der Waals surface area contributed by atoms with Crippen LogP contribution < -0.4 is 5.43 Å². The molecule has 4 heteroatoms. The maximum atomic E-state index is 11.0. The van der Waals surface area contributed by atoms with Crippen LogP contribution in [0.1, 0.15) is 13.3 Å². The Labute approximate surface area is 67.5 Å². The first-order valence-electron chi connectivity index (χ1n) is 3.65. The van der Waals surface area contributed by atoms with Crippen molar-refractivity contribution in [3.63, 3.8) is 0 Å². The van der Waals surface area contributed by atoms with Crippen molar-refractivity contribution in [2.45, 2.75) is 19.4 Å². The van der Waals surface area contributed by atoms with Crippen LogP contribution >= 0.6 is 0 Å². The summed E-state index contributed by atoms with van der Waals surface area (Å²) in [6.45, 7) is 1.94. The van der Waals surface area contributed by atoms with Gasteiger partial charge in [0.15, 0.2) is 0 Å². The zero-order valence-electron chi connectivity index (χ0n) is 7.55. The van der Waals surface area contributed by atoms with Crippen LogP contribution in [-0.2, 0) is 9.53 Å². The van der Waals surface area contributed by atoms with E-state index in [9.17, 15) is 4.79 Å². The fourth-order valence-corrected chi connectivity index (χ4v) is 0.891. The third-order valence-corrected chi connectivity index (χ3v) is 1.68. The van der Waals surface area contributed by atoms with Gasteiger partial charge in [0, 0.05) is 7.05 Å². The fraction of sp³-hybridized carbons (Fsp3) is 0.857. The lowest BCUT2D eigenvalue weighted by molar-refractivity contribution is -0.147. The third-order valence-electron chi connectivity index (χ3n) is 1.68. The molecule has 0 saturated heterocycles. The minimum Gasteiger partial charge on any atom is -0.468 e.